The molecule has 1 N–H and O–H groups in total. The van der Waals surface area contributed by atoms with Crippen molar-refractivity contribution in [1.82, 2.24) is 4.98 Å². The Balaban J connectivity index is 0.00000120. The minimum Gasteiger partial charge on any atom is -1.00 e. The number of nitrogens with one attached hydrogen (secondary N) is 1. The molecule has 0 fully saturated rings. The van der Waals surface area contributed by atoms with Crippen LogP contribution in [0.5, 0.6) is 0 Å². The Labute approximate surface area is 121 Å². The van der Waals surface area contributed by atoms with E-state index in [1.165, 1.54) is 11.1 Å². The van der Waals surface area contributed by atoms with Gasteiger partial charge in [-0.15, -0.1) is 0 Å². The fourth-order valence-electron chi connectivity index (χ4n) is 1.89. The lowest BCUT2D eigenvalue weighted by molar-refractivity contribution is -0.509. The number of hydrogen-bond donors (Lipinski definition) is 1. The highest BCUT2D eigenvalue weighted by molar-refractivity contribution is 6.30. The highest BCUT2D eigenvalue weighted by Crippen LogP contribution is 2.17. The van der Waals surface area contributed by atoms with E-state index in [1.54, 1.807) is 0 Å². The molecule has 0 unspecified atom stereocenters. The number of imidazole rings is 1. The Hall–Kier alpha value is -1.32. The highest BCUT2D eigenvalue weighted by Gasteiger charge is 2.10. The van der Waals surface area contributed by atoms with Gasteiger partial charge in [0.2, 0.25) is 0 Å². The van der Waals surface area contributed by atoms with Crippen molar-refractivity contribution >= 4 is 17.2 Å². The third-order valence-electron chi connectivity index (χ3n) is 2.83. The Morgan fingerprint density at radius 3 is 2.44 bits per heavy atom. The molecule has 1 aromatic carbocycles. The van der Waals surface area contributed by atoms with Crippen LogP contribution in [0.3, 0.4) is 0 Å². The number of hydrogen-bond acceptors (Lipinski definition) is 0. The fraction of sp³-hybridized carbons (Fsp3) is 0.0714. The maximum absolute atomic E-state index is 5.96. The van der Waals surface area contributed by atoms with Gasteiger partial charge >= 0.3 is 0 Å². The number of nitrogens with zero attached hydrogens (tertiary/aromatic N) is 1. The van der Waals surface area contributed by atoms with E-state index in [4.69, 9.17) is 11.6 Å². The van der Waals surface area contributed by atoms with Crippen LogP contribution < -0.4 is 21.4 Å². The molecule has 3 rings (SSSR count). The van der Waals surface area contributed by atoms with E-state index < -0.39 is 0 Å². The number of aryl methyl sites for hydroxylation is 1. The summed E-state index contributed by atoms with van der Waals surface area (Å²) in [5.74, 6) is 0. The molecule has 4 heteroatoms. The van der Waals surface area contributed by atoms with Crippen molar-refractivity contribution in [2.75, 3.05) is 0 Å². The standard InChI is InChI=1S/C14H11ClN2.BrH/c1-10-2-4-11(5-3-10)13-9-17-8-12(15)6-7-14(17)16-13;/h2-9H,1H3;1H. The zero-order chi connectivity index (χ0) is 11.8. The van der Waals surface area contributed by atoms with E-state index in [1.807, 2.05) is 28.9 Å². The molecule has 2 nitrogen and oxygen atoms in total. The maximum Gasteiger partial charge on any atom is 0.284 e. The summed E-state index contributed by atoms with van der Waals surface area (Å²) in [6.07, 6.45) is 3.94. The molecule has 0 radical (unpaired) electrons. The second kappa shape index (κ2) is 5.12. The smallest absolute Gasteiger partial charge is 0.284 e. The van der Waals surface area contributed by atoms with Gasteiger partial charge in [0.05, 0.1) is 5.02 Å². The Morgan fingerprint density at radius 2 is 1.72 bits per heavy atom. The van der Waals surface area contributed by atoms with Gasteiger partial charge in [-0.3, -0.25) is 0 Å². The summed E-state index contributed by atoms with van der Waals surface area (Å²) in [6.45, 7) is 2.09. The van der Waals surface area contributed by atoms with E-state index in [0.29, 0.717) is 0 Å². The summed E-state index contributed by atoms with van der Waals surface area (Å²) in [5, 5.41) is 0.733. The first-order chi connectivity index (χ1) is 8.22. The quantitative estimate of drug-likeness (QED) is 0.625. The van der Waals surface area contributed by atoms with Crippen molar-refractivity contribution in [3.05, 3.63) is 59.4 Å². The van der Waals surface area contributed by atoms with Crippen LogP contribution in [0.2, 0.25) is 5.02 Å². The molecule has 18 heavy (non-hydrogen) atoms. The van der Waals surface area contributed by atoms with E-state index >= 15 is 0 Å². The zero-order valence-corrected chi connectivity index (χ0v) is 12.2. The average Bonchev–Trinajstić information content (AvgIpc) is 2.72. The van der Waals surface area contributed by atoms with Gasteiger partial charge < -0.3 is 17.0 Å². The van der Waals surface area contributed by atoms with E-state index in [9.17, 15) is 0 Å². The second-order valence-corrected chi connectivity index (χ2v) is 4.61. The number of benzene rings is 1. The Morgan fingerprint density at radius 1 is 1.00 bits per heavy atom. The average molecular weight is 324 g/mol. The minimum atomic E-state index is 0. The first-order valence-corrected chi connectivity index (χ1v) is 5.87. The van der Waals surface area contributed by atoms with Crippen LogP contribution in [0.25, 0.3) is 16.9 Å². The maximum atomic E-state index is 5.96. The third kappa shape index (κ3) is 2.42. The molecule has 0 saturated carbocycles. The summed E-state index contributed by atoms with van der Waals surface area (Å²) >= 11 is 5.96. The molecule has 92 valence electrons. The normalized spacial score (nSPS) is 10.3. The lowest BCUT2D eigenvalue weighted by Crippen LogP contribution is -3.00. The molecule has 0 aliphatic carbocycles. The molecular weight excluding hydrogens is 312 g/mol. The van der Waals surface area contributed by atoms with E-state index in [0.717, 1.165) is 16.4 Å². The summed E-state index contributed by atoms with van der Waals surface area (Å²) < 4.78 is 2.00. The van der Waals surface area contributed by atoms with Gasteiger partial charge in [-0.2, -0.15) is 0 Å². The highest BCUT2D eigenvalue weighted by atomic mass is 79.9. The minimum absolute atomic E-state index is 0. The lowest BCUT2D eigenvalue weighted by Gasteiger charge is -1.93. The van der Waals surface area contributed by atoms with Gasteiger partial charge in [0.25, 0.3) is 5.65 Å². The lowest BCUT2D eigenvalue weighted by atomic mass is 10.1. The molecule has 2 aromatic heterocycles. The van der Waals surface area contributed by atoms with E-state index in [2.05, 4.69) is 36.2 Å². The molecule has 0 aliphatic rings. The second-order valence-electron chi connectivity index (χ2n) is 4.17. The molecular formula is C14H12BrClN2. The molecule has 0 amide bonds. The number of aromatic nitrogens is 2. The van der Waals surface area contributed by atoms with Crippen LogP contribution in [-0.4, -0.2) is 4.98 Å². The van der Waals surface area contributed by atoms with Crippen molar-refractivity contribution in [3.63, 3.8) is 0 Å². The largest absolute Gasteiger partial charge is 1.00 e. The zero-order valence-electron chi connectivity index (χ0n) is 9.82. The SMILES string of the molecule is Cc1ccc(-c2c[n+]3cc(Cl)ccc3[nH]2)cc1.[Br-]. The van der Waals surface area contributed by atoms with Crippen LogP contribution >= 0.6 is 11.6 Å². The monoisotopic (exact) mass is 322 g/mol. The summed E-state index contributed by atoms with van der Waals surface area (Å²) in [5.41, 5.74) is 4.56. The van der Waals surface area contributed by atoms with Gasteiger partial charge in [-0.1, -0.05) is 41.4 Å². The molecule has 0 saturated heterocycles. The number of halogens is 2. The van der Waals surface area contributed by atoms with Crippen LogP contribution in [0, 0.1) is 6.92 Å². The molecule has 0 atom stereocenters. The topological polar surface area (TPSA) is 19.9 Å². The van der Waals surface area contributed by atoms with Crippen molar-refractivity contribution in [2.24, 2.45) is 0 Å². The first kappa shape index (κ1) is 13.1. The molecule has 0 spiro atoms. The van der Waals surface area contributed by atoms with Crippen molar-refractivity contribution in [2.45, 2.75) is 6.92 Å². The fourth-order valence-corrected chi connectivity index (χ4v) is 2.06. The Bertz CT molecular complexity index is 674. The van der Waals surface area contributed by atoms with Crippen LogP contribution in [0.1, 0.15) is 5.56 Å². The molecule has 2 heterocycles. The first-order valence-electron chi connectivity index (χ1n) is 5.49. The summed E-state index contributed by atoms with van der Waals surface area (Å²) in [7, 11) is 0. The summed E-state index contributed by atoms with van der Waals surface area (Å²) in [4.78, 5) is 3.36. The van der Waals surface area contributed by atoms with Crippen LogP contribution in [0.15, 0.2) is 48.8 Å². The number of rotatable bonds is 1. The van der Waals surface area contributed by atoms with Crippen LogP contribution in [-0.2, 0) is 0 Å². The molecule has 3 aromatic rings. The predicted octanol–water partition coefficient (Wildman–Crippen LogP) is 0.386. The summed E-state index contributed by atoms with van der Waals surface area (Å²) in [6, 6.07) is 12.3. The molecule has 0 aliphatic heterocycles. The molecule has 0 bridgehead atoms. The van der Waals surface area contributed by atoms with Gasteiger partial charge in [-0.05, 0) is 13.0 Å². The Kier molecular flexibility index (Phi) is 3.73. The van der Waals surface area contributed by atoms with Crippen molar-refractivity contribution in [1.29, 1.82) is 0 Å². The van der Waals surface area contributed by atoms with Gasteiger partial charge in [-0.25, -0.2) is 9.38 Å². The third-order valence-corrected chi connectivity index (χ3v) is 3.06. The number of pyridine rings is 1. The van der Waals surface area contributed by atoms with Gasteiger partial charge in [0.15, 0.2) is 5.69 Å². The van der Waals surface area contributed by atoms with Crippen molar-refractivity contribution in [3.8, 4) is 11.3 Å². The predicted molar refractivity (Wildman–Crippen MR) is 69.1 cm³/mol. The van der Waals surface area contributed by atoms with Gasteiger partial charge in [0, 0.05) is 11.6 Å². The van der Waals surface area contributed by atoms with Gasteiger partial charge in [0.1, 0.15) is 12.4 Å². The van der Waals surface area contributed by atoms with Crippen molar-refractivity contribution < 1.29 is 21.4 Å². The number of H-pyrrole nitrogens is 1. The number of fused-ring (bicyclic) bond motifs is 1. The van der Waals surface area contributed by atoms with Crippen LogP contribution in [0.4, 0.5) is 0 Å². The van der Waals surface area contributed by atoms with E-state index in [-0.39, 0.29) is 17.0 Å². The number of aromatic amines is 1.